The van der Waals surface area contributed by atoms with Crippen LogP contribution < -0.4 is 0 Å². The number of rotatable bonds is 3. The van der Waals surface area contributed by atoms with E-state index in [1.807, 2.05) is 0 Å². The minimum absolute atomic E-state index is 0.0525. The molecule has 0 radical (unpaired) electrons. The summed E-state index contributed by atoms with van der Waals surface area (Å²) in [4.78, 5) is 10.8. The van der Waals surface area contributed by atoms with E-state index >= 15 is 0 Å². The van der Waals surface area contributed by atoms with E-state index in [0.29, 0.717) is 12.0 Å². The van der Waals surface area contributed by atoms with Crippen LogP contribution in [0.3, 0.4) is 0 Å². The summed E-state index contributed by atoms with van der Waals surface area (Å²) in [5.41, 5.74) is 0.484. The third-order valence-electron chi connectivity index (χ3n) is 2.02. The van der Waals surface area contributed by atoms with Crippen molar-refractivity contribution >= 4 is 5.97 Å². The normalized spacial score (nSPS) is 12.4. The molecule has 0 fully saturated rings. The topological polar surface area (TPSA) is 57.5 Å². The molecule has 3 heteroatoms. The molecule has 0 aliphatic heterocycles. The number of carbonyl (C=O) groups is 1. The van der Waals surface area contributed by atoms with Crippen molar-refractivity contribution < 1.29 is 15.0 Å². The quantitative estimate of drug-likeness (QED) is 0.747. The number of aromatic hydroxyl groups is 1. The van der Waals surface area contributed by atoms with Gasteiger partial charge in [-0.3, -0.25) is 4.79 Å². The van der Waals surface area contributed by atoms with Crippen molar-refractivity contribution in [2.45, 2.75) is 19.3 Å². The van der Waals surface area contributed by atoms with Crippen LogP contribution in [0.1, 0.15) is 24.8 Å². The van der Waals surface area contributed by atoms with Crippen LogP contribution in [0.15, 0.2) is 24.3 Å². The molecular weight excluding hydrogens is 168 g/mol. The molecule has 0 saturated carbocycles. The fourth-order valence-corrected chi connectivity index (χ4v) is 1.31. The fraction of sp³-hybridized carbons (Fsp3) is 0.300. The lowest BCUT2D eigenvalue weighted by molar-refractivity contribution is -0.138. The summed E-state index contributed by atoms with van der Waals surface area (Å²) < 4.78 is 0. The average Bonchev–Trinajstić information content (AvgIpc) is 2.09. The predicted octanol–water partition coefficient (Wildman–Crippen LogP) is 1.97. The minimum Gasteiger partial charge on any atom is -0.508 e. The Morgan fingerprint density at radius 3 is 2.54 bits per heavy atom. The van der Waals surface area contributed by atoms with Gasteiger partial charge in [-0.25, -0.2) is 0 Å². The second kappa shape index (κ2) is 3.94. The molecule has 13 heavy (non-hydrogen) atoms. The van der Waals surface area contributed by atoms with Gasteiger partial charge in [-0.2, -0.15) is 0 Å². The van der Waals surface area contributed by atoms with Gasteiger partial charge < -0.3 is 10.2 Å². The fourth-order valence-electron chi connectivity index (χ4n) is 1.31. The summed E-state index contributed by atoms with van der Waals surface area (Å²) in [5.74, 6) is -1.46. The highest BCUT2D eigenvalue weighted by atomic mass is 16.4. The monoisotopic (exact) mass is 180 g/mol. The maximum absolute atomic E-state index is 10.8. The number of hydrogen-bond acceptors (Lipinski definition) is 2. The maximum atomic E-state index is 10.8. The number of phenols is 1. The van der Waals surface area contributed by atoms with E-state index < -0.39 is 11.9 Å². The molecule has 0 aliphatic carbocycles. The van der Waals surface area contributed by atoms with Crippen molar-refractivity contribution in [2.75, 3.05) is 0 Å². The molecule has 70 valence electrons. The molecule has 2 N–H and O–H groups in total. The molecule has 0 spiro atoms. The minimum atomic E-state index is -0.899. The van der Waals surface area contributed by atoms with Crippen molar-refractivity contribution in [1.29, 1.82) is 0 Å². The molecular formula is C10H12O3. The van der Waals surface area contributed by atoms with E-state index in [1.54, 1.807) is 25.1 Å². The highest BCUT2D eigenvalue weighted by Gasteiger charge is 2.19. The summed E-state index contributed by atoms with van der Waals surface area (Å²) in [5, 5.41) is 18.2. The molecule has 1 rings (SSSR count). The number of para-hydroxylation sites is 1. The molecule has 1 aromatic carbocycles. The van der Waals surface area contributed by atoms with Gasteiger partial charge in [0.05, 0.1) is 5.92 Å². The first-order valence-corrected chi connectivity index (χ1v) is 4.17. The molecule has 0 aromatic heterocycles. The number of carboxylic acid groups (broad SMARTS) is 1. The van der Waals surface area contributed by atoms with Gasteiger partial charge in [0.25, 0.3) is 0 Å². The van der Waals surface area contributed by atoms with Crippen LogP contribution in [0.4, 0.5) is 0 Å². The Labute approximate surface area is 76.6 Å². The molecule has 0 heterocycles. The molecule has 0 aliphatic rings. The Balaban J connectivity index is 3.04. The van der Waals surface area contributed by atoms with Gasteiger partial charge >= 0.3 is 5.97 Å². The lowest BCUT2D eigenvalue weighted by Crippen LogP contribution is -2.10. The largest absolute Gasteiger partial charge is 0.508 e. The van der Waals surface area contributed by atoms with E-state index in [9.17, 15) is 9.90 Å². The number of phenolic OH excluding ortho intramolecular Hbond substituents is 1. The molecule has 0 bridgehead atoms. The van der Waals surface area contributed by atoms with E-state index in [-0.39, 0.29) is 5.75 Å². The smallest absolute Gasteiger partial charge is 0.311 e. The Morgan fingerprint density at radius 1 is 1.46 bits per heavy atom. The van der Waals surface area contributed by atoms with Gasteiger partial charge in [-0.15, -0.1) is 0 Å². The number of aliphatic carboxylic acids is 1. The Morgan fingerprint density at radius 2 is 2.08 bits per heavy atom. The predicted molar refractivity (Wildman–Crippen MR) is 48.8 cm³/mol. The number of hydrogen-bond donors (Lipinski definition) is 2. The Kier molecular flexibility index (Phi) is 2.90. The highest BCUT2D eigenvalue weighted by Crippen LogP contribution is 2.27. The first kappa shape index (κ1) is 9.58. The maximum Gasteiger partial charge on any atom is 0.311 e. The summed E-state index contributed by atoms with van der Waals surface area (Å²) >= 11 is 0. The van der Waals surface area contributed by atoms with Crippen molar-refractivity contribution in [2.24, 2.45) is 0 Å². The third kappa shape index (κ3) is 1.99. The van der Waals surface area contributed by atoms with Crippen LogP contribution in [-0.2, 0) is 4.79 Å². The van der Waals surface area contributed by atoms with Crippen molar-refractivity contribution in [1.82, 2.24) is 0 Å². The molecule has 3 nitrogen and oxygen atoms in total. The second-order valence-corrected chi connectivity index (χ2v) is 2.86. The first-order chi connectivity index (χ1) is 6.16. The van der Waals surface area contributed by atoms with E-state index in [4.69, 9.17) is 5.11 Å². The first-order valence-electron chi connectivity index (χ1n) is 4.17. The highest BCUT2D eigenvalue weighted by molar-refractivity contribution is 5.77. The van der Waals surface area contributed by atoms with Crippen LogP contribution in [-0.4, -0.2) is 16.2 Å². The zero-order valence-electron chi connectivity index (χ0n) is 7.40. The average molecular weight is 180 g/mol. The summed E-state index contributed by atoms with van der Waals surface area (Å²) in [7, 11) is 0. The summed E-state index contributed by atoms with van der Waals surface area (Å²) in [6.45, 7) is 1.78. The number of carboxylic acids is 1. The van der Waals surface area contributed by atoms with Crippen LogP contribution in [0, 0.1) is 0 Å². The Bertz CT molecular complexity index is 307. The molecule has 1 atom stereocenters. The van der Waals surface area contributed by atoms with Gasteiger partial charge in [-0.1, -0.05) is 25.1 Å². The lowest BCUT2D eigenvalue weighted by Gasteiger charge is -2.10. The van der Waals surface area contributed by atoms with Gasteiger partial charge in [0.1, 0.15) is 5.75 Å². The van der Waals surface area contributed by atoms with Crippen molar-refractivity contribution in [3.8, 4) is 5.75 Å². The lowest BCUT2D eigenvalue weighted by atomic mass is 9.96. The van der Waals surface area contributed by atoms with Gasteiger partial charge in [-0.05, 0) is 12.5 Å². The van der Waals surface area contributed by atoms with Crippen LogP contribution in [0.25, 0.3) is 0 Å². The van der Waals surface area contributed by atoms with Crippen LogP contribution >= 0.6 is 0 Å². The van der Waals surface area contributed by atoms with Crippen LogP contribution in [0.2, 0.25) is 0 Å². The van der Waals surface area contributed by atoms with E-state index in [0.717, 1.165) is 0 Å². The third-order valence-corrected chi connectivity index (χ3v) is 2.02. The Hall–Kier alpha value is -1.51. The standard InChI is InChI=1S/C10H12O3/c1-2-7(10(12)13)8-5-3-4-6-9(8)11/h3-7,11H,2H2,1H3,(H,12,13)/t7-/m1/s1. The van der Waals surface area contributed by atoms with Gasteiger partial charge in [0, 0.05) is 5.56 Å². The van der Waals surface area contributed by atoms with Gasteiger partial charge in [0.15, 0.2) is 0 Å². The van der Waals surface area contributed by atoms with Crippen molar-refractivity contribution in [3.63, 3.8) is 0 Å². The summed E-state index contributed by atoms with van der Waals surface area (Å²) in [6.07, 6.45) is 0.479. The van der Waals surface area contributed by atoms with Crippen LogP contribution in [0.5, 0.6) is 5.75 Å². The SMILES string of the molecule is CC[C@@H](C(=O)O)c1ccccc1O. The zero-order chi connectivity index (χ0) is 9.84. The summed E-state index contributed by atoms with van der Waals surface area (Å²) in [6, 6.07) is 6.53. The molecule has 0 unspecified atom stereocenters. The molecule has 0 amide bonds. The number of benzene rings is 1. The molecule has 0 saturated heterocycles. The van der Waals surface area contributed by atoms with Crippen molar-refractivity contribution in [3.05, 3.63) is 29.8 Å². The second-order valence-electron chi connectivity index (χ2n) is 2.86. The zero-order valence-corrected chi connectivity index (χ0v) is 7.40. The van der Waals surface area contributed by atoms with Gasteiger partial charge in [0.2, 0.25) is 0 Å². The van der Waals surface area contributed by atoms with E-state index in [2.05, 4.69) is 0 Å². The van der Waals surface area contributed by atoms with E-state index in [1.165, 1.54) is 6.07 Å². The molecule has 1 aromatic rings.